The summed E-state index contributed by atoms with van der Waals surface area (Å²) in [6.45, 7) is 0.511. The van der Waals surface area contributed by atoms with Crippen molar-refractivity contribution < 1.29 is 14.3 Å². The van der Waals surface area contributed by atoms with Gasteiger partial charge in [-0.05, 0) is 31.0 Å². The molecule has 98 valence electrons. The smallest absolute Gasteiger partial charge is 0.339 e. The van der Waals surface area contributed by atoms with Gasteiger partial charge in [-0.25, -0.2) is 4.79 Å². The van der Waals surface area contributed by atoms with Crippen molar-refractivity contribution in [2.24, 2.45) is 0 Å². The molecule has 2 aromatic heterocycles. The Kier molecular flexibility index (Phi) is 2.91. The molecule has 1 fully saturated rings. The lowest BCUT2D eigenvalue weighted by Crippen LogP contribution is -2.28. The standard InChI is InChI=1S/C13H13N3O3/c17-13(18)11-5-6-14-15-12(11)16(9-3-4-9)8-10-2-1-7-19-10/h1-2,5-7,9H,3-4,8H2,(H,17,18). The molecular weight excluding hydrogens is 246 g/mol. The topological polar surface area (TPSA) is 79.5 Å². The predicted molar refractivity (Wildman–Crippen MR) is 66.9 cm³/mol. The van der Waals surface area contributed by atoms with E-state index in [0.717, 1.165) is 18.6 Å². The monoisotopic (exact) mass is 259 g/mol. The van der Waals surface area contributed by atoms with E-state index >= 15 is 0 Å². The van der Waals surface area contributed by atoms with Crippen molar-refractivity contribution in [2.45, 2.75) is 25.4 Å². The van der Waals surface area contributed by atoms with E-state index in [4.69, 9.17) is 4.42 Å². The van der Waals surface area contributed by atoms with Crippen LogP contribution in [0, 0.1) is 0 Å². The molecule has 0 bridgehead atoms. The molecule has 1 saturated carbocycles. The van der Waals surface area contributed by atoms with Gasteiger partial charge in [0, 0.05) is 6.04 Å². The first-order valence-electron chi connectivity index (χ1n) is 6.09. The number of hydrogen-bond acceptors (Lipinski definition) is 5. The van der Waals surface area contributed by atoms with E-state index in [9.17, 15) is 9.90 Å². The first-order chi connectivity index (χ1) is 9.25. The highest BCUT2D eigenvalue weighted by molar-refractivity contribution is 5.93. The predicted octanol–water partition coefficient (Wildman–Crippen LogP) is 1.94. The molecule has 0 spiro atoms. The molecule has 6 nitrogen and oxygen atoms in total. The molecule has 0 saturated heterocycles. The molecule has 1 aliphatic rings. The Labute approximate surface area is 109 Å². The van der Waals surface area contributed by atoms with Crippen LogP contribution in [0.4, 0.5) is 5.82 Å². The van der Waals surface area contributed by atoms with E-state index in [-0.39, 0.29) is 5.56 Å². The summed E-state index contributed by atoms with van der Waals surface area (Å²) in [4.78, 5) is 13.2. The van der Waals surface area contributed by atoms with Gasteiger partial charge in [-0.1, -0.05) is 0 Å². The summed E-state index contributed by atoms with van der Waals surface area (Å²) in [5.74, 6) is 0.206. The highest BCUT2D eigenvalue weighted by Crippen LogP contribution is 2.33. The first kappa shape index (κ1) is 11.7. The Balaban J connectivity index is 1.94. The minimum Gasteiger partial charge on any atom is -0.478 e. The maximum Gasteiger partial charge on any atom is 0.339 e. The summed E-state index contributed by atoms with van der Waals surface area (Å²) in [6, 6.07) is 5.48. The lowest BCUT2D eigenvalue weighted by Gasteiger charge is -2.22. The third-order valence-corrected chi connectivity index (χ3v) is 3.10. The van der Waals surface area contributed by atoms with Crippen LogP contribution in [-0.4, -0.2) is 27.3 Å². The molecule has 0 radical (unpaired) electrons. The third kappa shape index (κ3) is 2.42. The van der Waals surface area contributed by atoms with Gasteiger partial charge in [0.25, 0.3) is 0 Å². The lowest BCUT2D eigenvalue weighted by atomic mass is 10.2. The lowest BCUT2D eigenvalue weighted by molar-refractivity contribution is 0.0697. The van der Waals surface area contributed by atoms with Crippen LogP contribution in [0.25, 0.3) is 0 Å². The van der Waals surface area contributed by atoms with Crippen LogP contribution in [0.2, 0.25) is 0 Å². The summed E-state index contributed by atoms with van der Waals surface area (Å²) in [7, 11) is 0. The van der Waals surface area contributed by atoms with Crippen LogP contribution < -0.4 is 4.90 Å². The van der Waals surface area contributed by atoms with Crippen molar-refractivity contribution in [3.05, 3.63) is 42.0 Å². The molecular formula is C13H13N3O3. The van der Waals surface area contributed by atoms with E-state index in [1.54, 1.807) is 6.26 Å². The maximum atomic E-state index is 11.3. The fourth-order valence-corrected chi connectivity index (χ4v) is 2.04. The molecule has 1 N–H and O–H groups in total. The average Bonchev–Trinajstić information content (AvgIpc) is 3.13. The van der Waals surface area contributed by atoms with Crippen LogP contribution in [0.3, 0.4) is 0 Å². The molecule has 2 heterocycles. The van der Waals surface area contributed by atoms with E-state index < -0.39 is 5.97 Å². The van der Waals surface area contributed by atoms with E-state index in [0.29, 0.717) is 18.4 Å². The molecule has 0 aliphatic heterocycles. The molecule has 0 atom stereocenters. The van der Waals surface area contributed by atoms with Crippen LogP contribution in [0.5, 0.6) is 0 Å². The number of anilines is 1. The van der Waals surface area contributed by atoms with Gasteiger partial charge in [-0.2, -0.15) is 5.10 Å². The zero-order valence-corrected chi connectivity index (χ0v) is 10.2. The number of rotatable bonds is 5. The fourth-order valence-electron chi connectivity index (χ4n) is 2.04. The second-order valence-electron chi connectivity index (χ2n) is 4.51. The summed E-state index contributed by atoms with van der Waals surface area (Å²) >= 11 is 0. The second-order valence-corrected chi connectivity index (χ2v) is 4.51. The maximum absolute atomic E-state index is 11.3. The van der Waals surface area contributed by atoms with E-state index in [1.807, 2.05) is 17.0 Å². The minimum atomic E-state index is -0.991. The normalized spacial score (nSPS) is 14.3. The number of carboxylic acid groups (broad SMARTS) is 1. The molecule has 0 aromatic carbocycles. The largest absolute Gasteiger partial charge is 0.478 e. The Hall–Kier alpha value is -2.37. The molecule has 19 heavy (non-hydrogen) atoms. The van der Waals surface area contributed by atoms with Crippen molar-refractivity contribution >= 4 is 11.8 Å². The Morgan fingerprint density at radius 2 is 2.32 bits per heavy atom. The first-order valence-corrected chi connectivity index (χ1v) is 6.09. The molecule has 1 aliphatic carbocycles. The zero-order chi connectivity index (χ0) is 13.2. The van der Waals surface area contributed by atoms with Crippen molar-refractivity contribution in [1.82, 2.24) is 10.2 Å². The van der Waals surface area contributed by atoms with Crippen molar-refractivity contribution in [2.75, 3.05) is 4.90 Å². The minimum absolute atomic E-state index is 0.174. The second kappa shape index (κ2) is 4.72. The van der Waals surface area contributed by atoms with Gasteiger partial charge < -0.3 is 14.4 Å². The van der Waals surface area contributed by atoms with Crippen LogP contribution in [0.15, 0.2) is 35.1 Å². The molecule has 2 aromatic rings. The molecule has 0 unspecified atom stereocenters. The number of aromatic carboxylic acids is 1. The number of aromatic nitrogens is 2. The number of nitrogens with zero attached hydrogens (tertiary/aromatic N) is 3. The summed E-state index contributed by atoms with van der Waals surface area (Å²) < 4.78 is 5.33. The SMILES string of the molecule is O=C(O)c1ccnnc1N(Cc1ccco1)C1CC1. The van der Waals surface area contributed by atoms with Crippen molar-refractivity contribution in [3.8, 4) is 0 Å². The third-order valence-electron chi connectivity index (χ3n) is 3.10. The Morgan fingerprint density at radius 1 is 1.47 bits per heavy atom. The Bertz CT molecular complexity index is 579. The highest BCUT2D eigenvalue weighted by atomic mass is 16.4. The van der Waals surface area contributed by atoms with Gasteiger partial charge in [-0.15, -0.1) is 5.10 Å². The van der Waals surface area contributed by atoms with E-state index in [1.165, 1.54) is 12.3 Å². The van der Waals surface area contributed by atoms with E-state index in [2.05, 4.69) is 10.2 Å². The average molecular weight is 259 g/mol. The van der Waals surface area contributed by atoms with Gasteiger partial charge in [0.15, 0.2) is 5.82 Å². The quantitative estimate of drug-likeness (QED) is 0.883. The van der Waals surface area contributed by atoms with Crippen LogP contribution >= 0.6 is 0 Å². The van der Waals surface area contributed by atoms with Gasteiger partial charge in [0.1, 0.15) is 11.3 Å². The molecule has 3 rings (SSSR count). The summed E-state index contributed by atoms with van der Waals surface area (Å²) in [5.41, 5.74) is 0.174. The van der Waals surface area contributed by atoms with Gasteiger partial charge in [-0.3, -0.25) is 0 Å². The highest BCUT2D eigenvalue weighted by Gasteiger charge is 2.33. The molecule has 6 heteroatoms. The number of carbonyl (C=O) groups is 1. The molecule has 0 amide bonds. The Morgan fingerprint density at radius 3 is 2.95 bits per heavy atom. The number of hydrogen-bond donors (Lipinski definition) is 1. The fraction of sp³-hybridized carbons (Fsp3) is 0.308. The van der Waals surface area contributed by atoms with Crippen molar-refractivity contribution in [1.29, 1.82) is 0 Å². The number of furan rings is 1. The van der Waals surface area contributed by atoms with Crippen molar-refractivity contribution in [3.63, 3.8) is 0 Å². The zero-order valence-electron chi connectivity index (χ0n) is 10.2. The van der Waals surface area contributed by atoms with Gasteiger partial charge in [0.05, 0.1) is 19.0 Å². The summed E-state index contributed by atoms with van der Waals surface area (Å²) in [6.07, 6.45) is 5.08. The van der Waals surface area contributed by atoms with Gasteiger partial charge in [0.2, 0.25) is 0 Å². The van der Waals surface area contributed by atoms with Gasteiger partial charge >= 0.3 is 5.97 Å². The van der Waals surface area contributed by atoms with Crippen LogP contribution in [0.1, 0.15) is 29.0 Å². The number of carboxylic acids is 1. The van der Waals surface area contributed by atoms with Crippen LogP contribution in [-0.2, 0) is 6.54 Å². The summed E-state index contributed by atoms with van der Waals surface area (Å²) in [5, 5.41) is 17.0.